The van der Waals surface area contributed by atoms with Crippen molar-refractivity contribution in [2.24, 2.45) is 0 Å². The first-order valence-corrected chi connectivity index (χ1v) is 6.57. The molecule has 1 N–H and O–H groups in total. The molecule has 1 aromatic carbocycles. The van der Waals surface area contributed by atoms with Crippen LogP contribution in [-0.4, -0.2) is 38.0 Å². The number of carbonyl (C=O) groups excluding carboxylic acids is 2. The third-order valence-corrected chi connectivity index (χ3v) is 3.88. The molecule has 2 heterocycles. The number of aryl methyl sites for hydroxylation is 1. The Bertz CT molecular complexity index is 556. The van der Waals surface area contributed by atoms with Crippen LogP contribution in [0.15, 0.2) is 18.2 Å². The van der Waals surface area contributed by atoms with Crippen molar-refractivity contribution in [3.63, 3.8) is 0 Å². The molecule has 1 unspecified atom stereocenters. The minimum atomic E-state index is -0.411. The summed E-state index contributed by atoms with van der Waals surface area (Å²) in [6.45, 7) is 2.87. The van der Waals surface area contributed by atoms with Gasteiger partial charge in [-0.25, -0.2) is 0 Å². The third-order valence-electron chi connectivity index (χ3n) is 3.88. The van der Waals surface area contributed by atoms with Gasteiger partial charge in [0.2, 0.25) is 5.91 Å². The van der Waals surface area contributed by atoms with Crippen LogP contribution in [0.5, 0.6) is 0 Å². The Morgan fingerprint density at radius 1 is 1.37 bits per heavy atom. The fourth-order valence-electron chi connectivity index (χ4n) is 2.94. The molecular weight excluding hydrogens is 242 g/mol. The molecule has 3 rings (SSSR count). The summed E-state index contributed by atoms with van der Waals surface area (Å²) >= 11 is 0. The lowest BCUT2D eigenvalue weighted by atomic mass is 9.99. The molecule has 0 bridgehead atoms. The van der Waals surface area contributed by atoms with E-state index < -0.39 is 6.04 Å². The van der Waals surface area contributed by atoms with Crippen LogP contribution in [0, 0.1) is 0 Å². The number of hydrogen-bond acceptors (Lipinski definition) is 3. The quantitative estimate of drug-likeness (QED) is 0.800. The summed E-state index contributed by atoms with van der Waals surface area (Å²) in [6, 6.07) is 5.47. The molecule has 100 valence electrons. The predicted octanol–water partition coefficient (Wildman–Crippen LogP) is 0.530. The molecule has 19 heavy (non-hydrogen) atoms. The molecule has 2 amide bonds. The summed E-state index contributed by atoms with van der Waals surface area (Å²) in [4.78, 5) is 27.9. The van der Waals surface area contributed by atoms with Gasteiger partial charge >= 0.3 is 0 Å². The zero-order valence-corrected chi connectivity index (χ0v) is 11.1. The molecule has 1 fully saturated rings. The SMILES string of the molecule is CCc1cccc2c1N(C)C(=O)C1CNCC(=O)N21. The fraction of sp³-hybridized carbons (Fsp3) is 0.429. The number of benzene rings is 1. The van der Waals surface area contributed by atoms with Crippen molar-refractivity contribution in [1.82, 2.24) is 5.32 Å². The highest BCUT2D eigenvalue weighted by Gasteiger charge is 2.42. The maximum absolute atomic E-state index is 12.4. The van der Waals surface area contributed by atoms with Crippen LogP contribution in [0.4, 0.5) is 11.4 Å². The van der Waals surface area contributed by atoms with E-state index in [-0.39, 0.29) is 11.8 Å². The second-order valence-corrected chi connectivity index (χ2v) is 4.95. The number of nitrogens with one attached hydrogen (secondary N) is 1. The molecule has 5 nitrogen and oxygen atoms in total. The molecule has 0 spiro atoms. The maximum Gasteiger partial charge on any atom is 0.251 e. The van der Waals surface area contributed by atoms with Crippen LogP contribution >= 0.6 is 0 Å². The average molecular weight is 259 g/mol. The van der Waals surface area contributed by atoms with Crippen LogP contribution in [0.2, 0.25) is 0 Å². The van der Waals surface area contributed by atoms with E-state index in [1.165, 1.54) is 0 Å². The molecule has 5 heteroatoms. The lowest BCUT2D eigenvalue weighted by Crippen LogP contribution is -2.63. The fourth-order valence-corrected chi connectivity index (χ4v) is 2.94. The Kier molecular flexibility index (Phi) is 2.78. The first kappa shape index (κ1) is 12.2. The predicted molar refractivity (Wildman–Crippen MR) is 73.4 cm³/mol. The molecule has 1 atom stereocenters. The minimum absolute atomic E-state index is 0.0195. The first-order chi connectivity index (χ1) is 9.15. The average Bonchev–Trinajstić information content (AvgIpc) is 2.43. The van der Waals surface area contributed by atoms with Crippen molar-refractivity contribution >= 4 is 23.2 Å². The van der Waals surface area contributed by atoms with Crippen molar-refractivity contribution in [2.45, 2.75) is 19.4 Å². The topological polar surface area (TPSA) is 52.7 Å². The number of fused-ring (bicyclic) bond motifs is 3. The van der Waals surface area contributed by atoms with Gasteiger partial charge in [0, 0.05) is 13.6 Å². The molecular formula is C14H17N3O2. The van der Waals surface area contributed by atoms with Crippen molar-refractivity contribution in [3.05, 3.63) is 23.8 Å². The molecule has 0 aliphatic carbocycles. The molecule has 1 saturated heterocycles. The van der Waals surface area contributed by atoms with Crippen molar-refractivity contribution < 1.29 is 9.59 Å². The first-order valence-electron chi connectivity index (χ1n) is 6.57. The Balaban J connectivity index is 2.20. The van der Waals surface area contributed by atoms with E-state index >= 15 is 0 Å². The van der Waals surface area contributed by atoms with Crippen LogP contribution in [0.1, 0.15) is 12.5 Å². The van der Waals surface area contributed by atoms with E-state index in [1.807, 2.05) is 18.2 Å². The lowest BCUT2D eigenvalue weighted by molar-refractivity contribution is -0.126. The highest BCUT2D eigenvalue weighted by molar-refractivity contribution is 6.14. The normalized spacial score (nSPS) is 22.3. The monoisotopic (exact) mass is 259 g/mol. The summed E-state index contributed by atoms with van der Waals surface area (Å²) in [7, 11) is 1.79. The van der Waals surface area contributed by atoms with Gasteiger partial charge in [-0.1, -0.05) is 19.1 Å². The largest absolute Gasteiger partial charge is 0.311 e. The van der Waals surface area contributed by atoms with E-state index in [9.17, 15) is 9.59 Å². The minimum Gasteiger partial charge on any atom is -0.311 e. The van der Waals surface area contributed by atoms with Gasteiger partial charge in [0.1, 0.15) is 6.04 Å². The number of likely N-dealkylation sites (N-methyl/N-ethyl adjacent to an activating group) is 1. The van der Waals surface area contributed by atoms with Gasteiger partial charge < -0.3 is 10.2 Å². The number of anilines is 2. The van der Waals surface area contributed by atoms with Gasteiger partial charge in [-0.15, -0.1) is 0 Å². The molecule has 0 radical (unpaired) electrons. The second kappa shape index (κ2) is 4.35. The van der Waals surface area contributed by atoms with Gasteiger partial charge in [-0.05, 0) is 18.1 Å². The maximum atomic E-state index is 12.4. The smallest absolute Gasteiger partial charge is 0.251 e. The molecule has 2 aliphatic rings. The molecule has 1 aromatic rings. The standard InChI is InChI=1S/C14H17N3O2/c1-3-9-5-4-6-10-13(9)16(2)14(19)11-7-15-8-12(18)17(10)11/h4-6,11,15H,3,7-8H2,1-2H3. The zero-order valence-electron chi connectivity index (χ0n) is 11.1. The highest BCUT2D eigenvalue weighted by atomic mass is 16.2. The zero-order chi connectivity index (χ0) is 13.6. The van der Waals surface area contributed by atoms with Crippen LogP contribution < -0.4 is 15.1 Å². The Labute approximate surface area is 112 Å². The third kappa shape index (κ3) is 1.65. The van der Waals surface area contributed by atoms with Crippen molar-refractivity contribution in [1.29, 1.82) is 0 Å². The Morgan fingerprint density at radius 3 is 2.89 bits per heavy atom. The van der Waals surface area contributed by atoms with Crippen molar-refractivity contribution in [3.8, 4) is 0 Å². The van der Waals surface area contributed by atoms with Crippen LogP contribution in [-0.2, 0) is 16.0 Å². The molecule has 0 saturated carbocycles. The van der Waals surface area contributed by atoms with E-state index in [1.54, 1.807) is 16.8 Å². The molecule has 0 aromatic heterocycles. The van der Waals surface area contributed by atoms with Crippen molar-refractivity contribution in [2.75, 3.05) is 29.9 Å². The lowest BCUT2D eigenvalue weighted by Gasteiger charge is -2.43. The van der Waals surface area contributed by atoms with Gasteiger partial charge in [-0.2, -0.15) is 0 Å². The summed E-state index contributed by atoms with van der Waals surface area (Å²) < 4.78 is 0. The Morgan fingerprint density at radius 2 is 2.16 bits per heavy atom. The summed E-state index contributed by atoms with van der Waals surface area (Å²) in [5, 5.41) is 3.01. The van der Waals surface area contributed by atoms with Gasteiger partial charge in [0.05, 0.1) is 17.9 Å². The van der Waals surface area contributed by atoms with E-state index in [0.717, 1.165) is 23.4 Å². The summed E-state index contributed by atoms with van der Waals surface area (Å²) in [6.07, 6.45) is 0.839. The number of carbonyl (C=O) groups is 2. The number of rotatable bonds is 1. The van der Waals surface area contributed by atoms with E-state index in [0.29, 0.717) is 13.1 Å². The Hall–Kier alpha value is -1.88. The van der Waals surface area contributed by atoms with E-state index in [2.05, 4.69) is 12.2 Å². The van der Waals surface area contributed by atoms with Gasteiger partial charge in [0.15, 0.2) is 0 Å². The van der Waals surface area contributed by atoms with E-state index in [4.69, 9.17) is 0 Å². The molecule has 2 aliphatic heterocycles. The number of nitrogens with zero attached hydrogens (tertiary/aromatic N) is 2. The van der Waals surface area contributed by atoms with Gasteiger partial charge in [0.25, 0.3) is 5.91 Å². The van der Waals surface area contributed by atoms with Crippen LogP contribution in [0.25, 0.3) is 0 Å². The van der Waals surface area contributed by atoms with Gasteiger partial charge in [-0.3, -0.25) is 14.5 Å². The number of piperazine rings is 1. The number of hydrogen-bond donors (Lipinski definition) is 1. The summed E-state index contributed by atoms with van der Waals surface area (Å²) in [5.74, 6) is -0.0545. The summed E-state index contributed by atoms with van der Waals surface area (Å²) in [5.41, 5.74) is 2.83. The number of amides is 2. The van der Waals surface area contributed by atoms with Crippen LogP contribution in [0.3, 0.4) is 0 Å². The second-order valence-electron chi connectivity index (χ2n) is 4.95. The highest BCUT2D eigenvalue weighted by Crippen LogP contribution is 2.38. The number of para-hydroxylation sites is 1.